The Morgan fingerprint density at radius 2 is 1.88 bits per heavy atom. The Kier molecular flexibility index (Phi) is 6.23. The summed E-state index contributed by atoms with van der Waals surface area (Å²) in [6.07, 6.45) is -1.55. The molecule has 2 atom stereocenters. The van der Waals surface area contributed by atoms with E-state index in [1.54, 1.807) is 13.2 Å². The van der Waals surface area contributed by atoms with E-state index in [9.17, 15) is 13.2 Å². The lowest BCUT2D eigenvalue weighted by atomic mass is 9.77. The molecule has 1 aliphatic rings. The van der Waals surface area contributed by atoms with Crippen molar-refractivity contribution in [2.24, 2.45) is 5.41 Å². The lowest BCUT2D eigenvalue weighted by Gasteiger charge is -2.31. The predicted molar refractivity (Wildman–Crippen MR) is 124 cm³/mol. The first-order chi connectivity index (χ1) is 15.6. The van der Waals surface area contributed by atoms with Crippen LogP contribution in [0.5, 0.6) is 0 Å². The van der Waals surface area contributed by atoms with Crippen molar-refractivity contribution in [3.05, 3.63) is 77.1 Å². The number of pyridine rings is 1. The Morgan fingerprint density at radius 1 is 1.12 bits per heavy atom. The van der Waals surface area contributed by atoms with Crippen molar-refractivity contribution in [1.82, 2.24) is 4.98 Å². The van der Waals surface area contributed by atoms with Crippen LogP contribution in [-0.2, 0) is 28.5 Å². The summed E-state index contributed by atoms with van der Waals surface area (Å²) in [6, 6.07) is 13.9. The molecule has 0 aliphatic carbocycles. The van der Waals surface area contributed by atoms with Gasteiger partial charge < -0.3 is 9.47 Å². The van der Waals surface area contributed by atoms with Gasteiger partial charge in [0.15, 0.2) is 0 Å². The molecule has 3 nitrogen and oxygen atoms in total. The van der Waals surface area contributed by atoms with Gasteiger partial charge in [0.05, 0.1) is 35.2 Å². The molecule has 0 saturated heterocycles. The molecule has 6 heteroatoms. The minimum atomic E-state index is -4.41. The SMILES string of the molecule is COC(C)/C=C(/C)OCC1(C)Cc2cc(C(F)(F)F)ccc2-c2ccc3cccc(c3n2)C1. The molecule has 1 aromatic heterocycles. The number of nitrogens with zero attached hydrogens (tertiary/aromatic N) is 1. The van der Waals surface area contributed by atoms with E-state index in [1.807, 2.05) is 50.3 Å². The maximum absolute atomic E-state index is 13.5. The van der Waals surface area contributed by atoms with Gasteiger partial charge in [0.1, 0.15) is 0 Å². The molecular weight excluding hydrogens is 427 g/mol. The summed E-state index contributed by atoms with van der Waals surface area (Å²) in [5.41, 5.74) is 2.90. The summed E-state index contributed by atoms with van der Waals surface area (Å²) in [6.45, 7) is 6.21. The second kappa shape index (κ2) is 8.82. The van der Waals surface area contributed by atoms with Crippen molar-refractivity contribution < 1.29 is 22.6 Å². The van der Waals surface area contributed by atoms with Crippen LogP contribution in [0.4, 0.5) is 13.2 Å². The largest absolute Gasteiger partial charge is 0.498 e. The number of hydrogen-bond acceptors (Lipinski definition) is 3. The average molecular weight is 456 g/mol. The second-order valence-electron chi connectivity index (χ2n) is 9.23. The molecule has 2 bridgehead atoms. The van der Waals surface area contributed by atoms with E-state index < -0.39 is 17.2 Å². The highest BCUT2D eigenvalue weighted by molar-refractivity contribution is 5.85. The van der Waals surface area contributed by atoms with Gasteiger partial charge in [-0.05, 0) is 62.1 Å². The first-order valence-electron chi connectivity index (χ1n) is 11.0. The smallest absolute Gasteiger partial charge is 0.416 e. The zero-order valence-electron chi connectivity index (χ0n) is 19.3. The molecule has 3 aromatic rings. The highest BCUT2D eigenvalue weighted by atomic mass is 19.4. The van der Waals surface area contributed by atoms with Gasteiger partial charge in [-0.15, -0.1) is 0 Å². The van der Waals surface area contributed by atoms with Gasteiger partial charge in [-0.2, -0.15) is 13.2 Å². The third-order valence-electron chi connectivity index (χ3n) is 6.24. The monoisotopic (exact) mass is 455 g/mol. The third-order valence-corrected chi connectivity index (χ3v) is 6.24. The number of benzene rings is 2. The van der Waals surface area contributed by atoms with E-state index in [0.29, 0.717) is 30.7 Å². The van der Waals surface area contributed by atoms with Crippen molar-refractivity contribution in [3.63, 3.8) is 0 Å². The van der Waals surface area contributed by atoms with E-state index in [-0.39, 0.29) is 6.10 Å². The number of aromatic nitrogens is 1. The van der Waals surface area contributed by atoms with Crippen molar-refractivity contribution in [3.8, 4) is 11.3 Å². The minimum Gasteiger partial charge on any atom is -0.498 e. The Bertz CT molecular complexity index is 1200. The Hall–Kier alpha value is -2.86. The van der Waals surface area contributed by atoms with E-state index in [4.69, 9.17) is 14.5 Å². The van der Waals surface area contributed by atoms with Crippen LogP contribution in [0.15, 0.2) is 60.4 Å². The van der Waals surface area contributed by atoms with Gasteiger partial charge in [-0.25, -0.2) is 4.98 Å². The zero-order chi connectivity index (χ0) is 23.8. The van der Waals surface area contributed by atoms with Gasteiger partial charge in [0.25, 0.3) is 0 Å². The molecule has 33 heavy (non-hydrogen) atoms. The summed E-state index contributed by atoms with van der Waals surface area (Å²) in [4.78, 5) is 4.87. The topological polar surface area (TPSA) is 31.4 Å². The van der Waals surface area contributed by atoms with Crippen molar-refractivity contribution in [2.75, 3.05) is 13.7 Å². The van der Waals surface area contributed by atoms with E-state index in [1.165, 1.54) is 6.07 Å². The molecule has 2 unspecified atom stereocenters. The maximum Gasteiger partial charge on any atom is 0.416 e. The van der Waals surface area contributed by atoms with Crippen molar-refractivity contribution >= 4 is 10.9 Å². The average Bonchev–Trinajstić information content (AvgIpc) is 2.81. The molecule has 2 aromatic carbocycles. The van der Waals surface area contributed by atoms with Crippen LogP contribution in [0.25, 0.3) is 22.2 Å². The molecule has 0 N–H and O–H groups in total. The molecule has 0 fully saturated rings. The normalized spacial score (nSPS) is 19.5. The number of rotatable bonds is 5. The Labute approximate surface area is 192 Å². The van der Waals surface area contributed by atoms with Crippen LogP contribution in [0, 0.1) is 5.41 Å². The van der Waals surface area contributed by atoms with Crippen LogP contribution < -0.4 is 0 Å². The highest BCUT2D eigenvalue weighted by Gasteiger charge is 2.34. The van der Waals surface area contributed by atoms with E-state index in [0.717, 1.165) is 33.9 Å². The summed E-state index contributed by atoms with van der Waals surface area (Å²) in [7, 11) is 1.63. The van der Waals surface area contributed by atoms with Crippen LogP contribution in [-0.4, -0.2) is 24.8 Å². The zero-order valence-corrected chi connectivity index (χ0v) is 19.3. The molecular formula is C27H28F3NO2. The van der Waals surface area contributed by atoms with Gasteiger partial charge in [-0.3, -0.25) is 0 Å². The maximum atomic E-state index is 13.5. The number of alkyl halides is 3. The van der Waals surface area contributed by atoms with Crippen molar-refractivity contribution in [1.29, 1.82) is 0 Å². The van der Waals surface area contributed by atoms with Gasteiger partial charge in [0.2, 0.25) is 0 Å². The van der Waals surface area contributed by atoms with Gasteiger partial charge in [-0.1, -0.05) is 37.3 Å². The fourth-order valence-electron chi connectivity index (χ4n) is 4.49. The van der Waals surface area contributed by atoms with Crippen LogP contribution in [0.2, 0.25) is 0 Å². The molecule has 1 aliphatic heterocycles. The predicted octanol–water partition coefficient (Wildman–Crippen LogP) is 6.98. The van der Waals surface area contributed by atoms with Crippen LogP contribution in [0.1, 0.15) is 37.5 Å². The van der Waals surface area contributed by atoms with E-state index >= 15 is 0 Å². The van der Waals surface area contributed by atoms with E-state index in [2.05, 4.69) is 6.92 Å². The summed E-state index contributed by atoms with van der Waals surface area (Å²) >= 11 is 0. The fourth-order valence-corrected chi connectivity index (χ4v) is 4.49. The lowest BCUT2D eigenvalue weighted by molar-refractivity contribution is -0.137. The molecule has 2 heterocycles. The van der Waals surface area contributed by atoms with Gasteiger partial charge in [0, 0.05) is 23.5 Å². The summed E-state index contributed by atoms with van der Waals surface area (Å²) in [5, 5.41) is 1.01. The molecule has 4 rings (SSSR count). The molecule has 0 saturated carbocycles. The second-order valence-corrected chi connectivity index (χ2v) is 9.23. The number of methoxy groups -OCH3 is 1. The first-order valence-corrected chi connectivity index (χ1v) is 11.0. The summed E-state index contributed by atoms with van der Waals surface area (Å²) in [5.74, 6) is 0.728. The highest BCUT2D eigenvalue weighted by Crippen LogP contribution is 2.39. The number of ether oxygens (including phenoxy) is 2. The lowest BCUT2D eigenvalue weighted by Crippen LogP contribution is -2.29. The number of para-hydroxylation sites is 1. The van der Waals surface area contributed by atoms with Crippen molar-refractivity contribution in [2.45, 2.75) is 45.9 Å². The summed E-state index contributed by atoms with van der Waals surface area (Å²) < 4.78 is 52.0. The van der Waals surface area contributed by atoms with Gasteiger partial charge >= 0.3 is 6.18 Å². The number of halogens is 3. The molecule has 0 spiro atoms. The third kappa shape index (κ3) is 5.06. The Balaban J connectivity index is 1.82. The van der Waals surface area contributed by atoms with Crippen LogP contribution >= 0.6 is 0 Å². The number of fused-ring (bicyclic) bond motifs is 3. The molecule has 174 valence electrons. The number of hydrogen-bond donors (Lipinski definition) is 0. The van der Waals surface area contributed by atoms with Crippen LogP contribution in [0.3, 0.4) is 0 Å². The molecule has 0 radical (unpaired) electrons. The standard InChI is InChI=1S/C27H28F3NO2/c1-17(32-4)12-18(2)33-16-26(3)14-20-7-5-6-19-8-11-24(31-25(19)20)23-10-9-22(27(28,29)30)13-21(23)15-26/h5-13,17H,14-16H2,1-4H3/b18-12-. The minimum absolute atomic E-state index is 0.0900. The number of allylic oxidation sites excluding steroid dienone is 1. The molecule has 0 amide bonds. The first kappa shape index (κ1) is 23.3. The Morgan fingerprint density at radius 3 is 2.61 bits per heavy atom. The fraction of sp³-hybridized carbons (Fsp3) is 0.370. The quantitative estimate of drug-likeness (QED) is 0.389.